The van der Waals surface area contributed by atoms with Gasteiger partial charge in [-0.05, 0) is 43.9 Å². The van der Waals surface area contributed by atoms with Crippen molar-refractivity contribution >= 4 is 31.9 Å². The van der Waals surface area contributed by atoms with Crippen LogP contribution < -0.4 is 4.74 Å². The summed E-state index contributed by atoms with van der Waals surface area (Å²) >= 11 is 3.38. The number of halogens is 1. The lowest BCUT2D eigenvalue weighted by molar-refractivity contribution is -0.131. The summed E-state index contributed by atoms with van der Waals surface area (Å²) in [5, 5.41) is 9.64. The van der Waals surface area contributed by atoms with Gasteiger partial charge in [-0.2, -0.15) is 4.31 Å². The minimum absolute atomic E-state index is 0.0739. The normalized spacial score (nSPS) is 25.3. The molecule has 0 spiro atoms. The summed E-state index contributed by atoms with van der Waals surface area (Å²) in [5.74, 6) is 0.674. The van der Waals surface area contributed by atoms with E-state index in [1.807, 2.05) is 6.92 Å². The van der Waals surface area contributed by atoms with Crippen LogP contribution >= 0.6 is 15.9 Å². The van der Waals surface area contributed by atoms with Gasteiger partial charge in [0.1, 0.15) is 16.7 Å². The number of hydrogen-bond donors (Lipinski definition) is 1. The topological polar surface area (TPSA) is 87.2 Å². The molecule has 1 amide bonds. The number of likely N-dealkylation sites (N-methyl/N-ethyl adjacent to an activating group) is 1. The number of benzene rings is 1. The Hall–Kier alpha value is -1.16. The third kappa shape index (κ3) is 5.13. The van der Waals surface area contributed by atoms with Crippen LogP contribution in [0, 0.1) is 11.8 Å². The van der Waals surface area contributed by atoms with Crippen LogP contribution in [0.1, 0.15) is 33.1 Å². The highest BCUT2D eigenvalue weighted by Crippen LogP contribution is 2.36. The fourth-order valence-corrected chi connectivity index (χ4v) is 5.68. The second-order valence-corrected chi connectivity index (χ2v) is 11.0. The summed E-state index contributed by atoms with van der Waals surface area (Å²) in [4.78, 5) is 14.2. The molecule has 1 aliphatic heterocycles. The van der Waals surface area contributed by atoms with Crippen LogP contribution in [0.3, 0.4) is 0 Å². The Morgan fingerprint density at radius 1 is 1.41 bits per heavy atom. The molecule has 9 heteroatoms. The number of fused-ring (bicyclic) bond motifs is 1. The van der Waals surface area contributed by atoms with E-state index in [1.165, 1.54) is 10.4 Å². The molecular formula is C20H29BrN2O5S. The van der Waals surface area contributed by atoms with Crippen LogP contribution in [0.15, 0.2) is 27.6 Å². The number of carbonyl (C=O) groups is 1. The lowest BCUT2D eigenvalue weighted by atomic mass is 10.0. The summed E-state index contributed by atoms with van der Waals surface area (Å²) in [7, 11) is -2.06. The Kier molecular flexibility index (Phi) is 6.92. The van der Waals surface area contributed by atoms with Crippen LogP contribution in [0.25, 0.3) is 0 Å². The van der Waals surface area contributed by atoms with Crippen molar-refractivity contribution in [2.75, 3.05) is 26.7 Å². The van der Waals surface area contributed by atoms with E-state index in [9.17, 15) is 18.3 Å². The molecule has 1 aliphatic carbocycles. The maximum Gasteiger partial charge on any atom is 0.247 e. The Morgan fingerprint density at radius 2 is 2.10 bits per heavy atom. The highest BCUT2D eigenvalue weighted by Gasteiger charge is 2.38. The van der Waals surface area contributed by atoms with Crippen molar-refractivity contribution in [3.63, 3.8) is 0 Å². The van der Waals surface area contributed by atoms with E-state index in [-0.39, 0.29) is 41.7 Å². The number of rotatable bonds is 6. The molecule has 3 rings (SSSR count). The van der Waals surface area contributed by atoms with Crippen molar-refractivity contribution in [2.45, 2.75) is 50.2 Å². The molecule has 0 saturated heterocycles. The van der Waals surface area contributed by atoms with Crippen LogP contribution in [0.2, 0.25) is 0 Å². The van der Waals surface area contributed by atoms with Gasteiger partial charge >= 0.3 is 0 Å². The lowest BCUT2D eigenvalue weighted by Crippen LogP contribution is -2.50. The average molecular weight is 489 g/mol. The van der Waals surface area contributed by atoms with Gasteiger partial charge in [0, 0.05) is 36.4 Å². The fourth-order valence-electron chi connectivity index (χ4n) is 3.51. The van der Waals surface area contributed by atoms with E-state index < -0.39 is 16.1 Å². The highest BCUT2D eigenvalue weighted by atomic mass is 79.9. The zero-order valence-electron chi connectivity index (χ0n) is 17.0. The van der Waals surface area contributed by atoms with Crippen molar-refractivity contribution in [1.29, 1.82) is 0 Å². The summed E-state index contributed by atoms with van der Waals surface area (Å²) in [6.07, 6.45) is 2.41. The average Bonchev–Trinajstić information content (AvgIpc) is 3.47. The molecule has 1 aromatic carbocycles. The number of aliphatic hydroxyl groups excluding tert-OH is 1. The van der Waals surface area contributed by atoms with Gasteiger partial charge < -0.3 is 14.7 Å². The second kappa shape index (κ2) is 8.91. The number of aliphatic hydroxyl groups is 1. The van der Waals surface area contributed by atoms with Gasteiger partial charge in [-0.15, -0.1) is 0 Å². The molecule has 0 unspecified atom stereocenters. The molecule has 162 valence electrons. The van der Waals surface area contributed by atoms with Crippen LogP contribution in [0.5, 0.6) is 5.75 Å². The molecule has 1 aromatic rings. The van der Waals surface area contributed by atoms with Crippen molar-refractivity contribution in [3.05, 3.63) is 22.7 Å². The molecule has 2 aliphatic rings. The maximum absolute atomic E-state index is 13.3. The lowest BCUT2D eigenvalue weighted by Gasteiger charge is -2.37. The van der Waals surface area contributed by atoms with Crippen molar-refractivity contribution < 1.29 is 23.1 Å². The molecule has 1 heterocycles. The zero-order valence-corrected chi connectivity index (χ0v) is 19.4. The first kappa shape index (κ1) is 22.5. The number of carbonyl (C=O) groups excluding carboxylic acids is 1. The second-order valence-electron chi connectivity index (χ2n) is 8.25. The molecular weight excluding hydrogens is 460 g/mol. The molecule has 0 bridgehead atoms. The number of amides is 1. The third-order valence-corrected chi connectivity index (χ3v) is 8.18. The molecule has 29 heavy (non-hydrogen) atoms. The smallest absolute Gasteiger partial charge is 0.247 e. The van der Waals surface area contributed by atoms with E-state index in [1.54, 1.807) is 31.0 Å². The first-order chi connectivity index (χ1) is 13.6. The van der Waals surface area contributed by atoms with Gasteiger partial charge in [-0.25, -0.2) is 8.42 Å². The maximum atomic E-state index is 13.3. The quantitative estimate of drug-likeness (QED) is 0.664. The van der Waals surface area contributed by atoms with E-state index in [0.717, 1.165) is 12.8 Å². The molecule has 1 saturated carbocycles. The monoisotopic (exact) mass is 488 g/mol. The minimum atomic E-state index is -3.83. The summed E-state index contributed by atoms with van der Waals surface area (Å²) in [5.41, 5.74) is 0. The Labute approximate surface area is 181 Å². The largest absolute Gasteiger partial charge is 0.487 e. The molecule has 7 nitrogen and oxygen atoms in total. The predicted octanol–water partition coefficient (Wildman–Crippen LogP) is 2.48. The third-order valence-electron chi connectivity index (χ3n) is 5.67. The zero-order chi connectivity index (χ0) is 21.3. The van der Waals surface area contributed by atoms with Crippen molar-refractivity contribution in [2.24, 2.45) is 11.8 Å². The van der Waals surface area contributed by atoms with Gasteiger partial charge in [0.25, 0.3) is 0 Å². The van der Waals surface area contributed by atoms with Crippen LogP contribution in [-0.4, -0.2) is 67.5 Å². The number of sulfonamides is 1. The first-order valence-electron chi connectivity index (χ1n) is 9.96. The number of nitrogens with zero attached hydrogens (tertiary/aromatic N) is 2. The Morgan fingerprint density at radius 3 is 2.72 bits per heavy atom. The molecule has 0 radical (unpaired) electrons. The molecule has 0 aromatic heterocycles. The number of hydrogen-bond acceptors (Lipinski definition) is 5. The summed E-state index contributed by atoms with van der Waals surface area (Å²) in [6, 6.07) is 4.26. The minimum Gasteiger partial charge on any atom is -0.487 e. The van der Waals surface area contributed by atoms with Gasteiger partial charge in [0.05, 0.1) is 13.2 Å². The Bertz CT molecular complexity index is 858. The first-order valence-corrected chi connectivity index (χ1v) is 12.2. The predicted molar refractivity (Wildman–Crippen MR) is 113 cm³/mol. The summed E-state index contributed by atoms with van der Waals surface area (Å²) in [6.45, 7) is 3.91. The highest BCUT2D eigenvalue weighted by molar-refractivity contribution is 9.10. The SMILES string of the molecule is C[C@H](CO)N1C[C@H](C)[C@@H](CN(C)C(=O)CC2CC2)Oc2cc(Br)ccc2S1(=O)=O. The van der Waals surface area contributed by atoms with Gasteiger partial charge in [-0.3, -0.25) is 4.79 Å². The molecule has 1 fully saturated rings. The van der Waals surface area contributed by atoms with Crippen molar-refractivity contribution in [3.8, 4) is 5.75 Å². The van der Waals surface area contributed by atoms with E-state index >= 15 is 0 Å². The Balaban J connectivity index is 1.92. The van der Waals surface area contributed by atoms with E-state index in [0.29, 0.717) is 23.4 Å². The van der Waals surface area contributed by atoms with Gasteiger partial charge in [0.2, 0.25) is 15.9 Å². The molecule has 3 atom stereocenters. The van der Waals surface area contributed by atoms with E-state index in [2.05, 4.69) is 15.9 Å². The summed E-state index contributed by atoms with van der Waals surface area (Å²) < 4.78 is 34.7. The van der Waals surface area contributed by atoms with E-state index in [4.69, 9.17) is 4.74 Å². The molecule has 1 N–H and O–H groups in total. The van der Waals surface area contributed by atoms with Gasteiger partial charge in [-0.1, -0.05) is 22.9 Å². The fraction of sp³-hybridized carbons (Fsp3) is 0.650. The van der Waals surface area contributed by atoms with Crippen LogP contribution in [-0.2, 0) is 14.8 Å². The van der Waals surface area contributed by atoms with Crippen molar-refractivity contribution in [1.82, 2.24) is 9.21 Å². The van der Waals surface area contributed by atoms with Crippen LogP contribution in [0.4, 0.5) is 0 Å². The van der Waals surface area contributed by atoms with Gasteiger partial charge in [0.15, 0.2) is 0 Å². The number of ether oxygens (including phenoxy) is 1. The standard InChI is InChI=1S/C20H29BrN2O5S/c1-13-10-23(14(2)12-24)29(26,27)19-7-6-16(21)9-17(19)28-18(13)11-22(3)20(25)8-15-4-5-15/h6-7,9,13-15,18,24H,4-5,8,10-12H2,1-3H3/t13-,14+,18+/m0/s1.